The molecule has 0 bridgehead atoms. The molecule has 1 aliphatic rings. The van der Waals surface area contributed by atoms with E-state index in [2.05, 4.69) is 12.5 Å². The van der Waals surface area contributed by atoms with Crippen molar-refractivity contribution in [2.75, 3.05) is 10.2 Å². The van der Waals surface area contributed by atoms with Gasteiger partial charge < -0.3 is 4.84 Å². The Labute approximate surface area is 100 Å². The lowest BCUT2D eigenvalue weighted by Crippen LogP contribution is -2.34. The fourth-order valence-electron chi connectivity index (χ4n) is 1.66. The minimum absolute atomic E-state index is 0.925. The Morgan fingerprint density at radius 3 is 2.00 bits per heavy atom. The number of hydrazine groups is 1. The van der Waals surface area contributed by atoms with E-state index in [-0.39, 0.29) is 0 Å². The van der Waals surface area contributed by atoms with Crippen LogP contribution in [0.4, 0.5) is 11.4 Å². The summed E-state index contributed by atoms with van der Waals surface area (Å²) in [5, 5.41) is 3.41. The molecule has 2 aromatic rings. The third-order valence-corrected chi connectivity index (χ3v) is 2.44. The molecule has 2 aromatic carbocycles. The second-order valence-corrected chi connectivity index (χ2v) is 3.56. The Bertz CT molecular complexity index is 510. The molecule has 17 heavy (non-hydrogen) atoms. The van der Waals surface area contributed by atoms with E-state index in [4.69, 9.17) is 4.84 Å². The number of nitrogens with zero attached hydrogens (tertiary/aromatic N) is 2. The molecule has 0 N–H and O–H groups in total. The second-order valence-electron chi connectivity index (χ2n) is 3.56. The monoisotopic (exact) mass is 222 g/mol. The average Bonchev–Trinajstić information content (AvgIpc) is 2.90. The molecular formula is C14H10N2O. The van der Waals surface area contributed by atoms with E-state index in [9.17, 15) is 0 Å². The normalized spacial score (nSPS) is 13.9. The van der Waals surface area contributed by atoms with Crippen LogP contribution in [0, 0.1) is 12.5 Å². The van der Waals surface area contributed by atoms with Crippen molar-refractivity contribution >= 4 is 11.4 Å². The van der Waals surface area contributed by atoms with Crippen molar-refractivity contribution in [3.63, 3.8) is 0 Å². The van der Waals surface area contributed by atoms with Gasteiger partial charge in [0.25, 0.3) is 0 Å². The van der Waals surface area contributed by atoms with Gasteiger partial charge in [-0.15, -0.1) is 5.17 Å². The summed E-state index contributed by atoms with van der Waals surface area (Å²) in [4.78, 5) is 5.30. The molecule has 0 fully saturated rings. The predicted octanol–water partition coefficient (Wildman–Crippen LogP) is 2.94. The number of anilines is 2. The lowest BCUT2D eigenvalue weighted by Gasteiger charge is -2.26. The molecule has 1 aliphatic heterocycles. The van der Waals surface area contributed by atoms with Gasteiger partial charge in [0, 0.05) is 0 Å². The van der Waals surface area contributed by atoms with Crippen molar-refractivity contribution in [2.45, 2.75) is 0 Å². The van der Waals surface area contributed by atoms with E-state index < -0.39 is 0 Å². The summed E-state index contributed by atoms with van der Waals surface area (Å²) in [6.45, 7) is 0. The molecule has 0 aromatic heterocycles. The van der Waals surface area contributed by atoms with Crippen LogP contribution in [0.25, 0.3) is 0 Å². The smallest absolute Gasteiger partial charge is 0.233 e. The van der Waals surface area contributed by atoms with E-state index in [1.165, 1.54) is 0 Å². The lowest BCUT2D eigenvalue weighted by atomic mass is 10.3. The van der Waals surface area contributed by atoms with Crippen LogP contribution in [-0.2, 0) is 4.84 Å². The van der Waals surface area contributed by atoms with Gasteiger partial charge in [-0.3, -0.25) is 0 Å². The van der Waals surface area contributed by atoms with Crippen LogP contribution < -0.4 is 10.2 Å². The summed E-state index contributed by atoms with van der Waals surface area (Å²) in [6.07, 6.45) is 5.53. The van der Waals surface area contributed by atoms with Gasteiger partial charge in [0.15, 0.2) is 0 Å². The Hall–Kier alpha value is -2.42. The standard InChI is InChI=1S/C14H10N2O/c1-3-7-13(8-4-1)15-11-12-17-16(15)14-9-5-2-6-10-14/h1-10H. The number of benzene rings is 2. The van der Waals surface area contributed by atoms with Gasteiger partial charge in [-0.25, -0.2) is 5.01 Å². The zero-order chi connectivity index (χ0) is 11.5. The highest BCUT2D eigenvalue weighted by molar-refractivity contribution is 5.57. The highest BCUT2D eigenvalue weighted by atomic mass is 16.7. The Morgan fingerprint density at radius 2 is 1.35 bits per heavy atom. The molecule has 0 spiro atoms. The lowest BCUT2D eigenvalue weighted by molar-refractivity contribution is 0.220. The molecule has 0 aliphatic carbocycles. The number of hydrogen-bond acceptors (Lipinski definition) is 3. The fraction of sp³-hybridized carbons (Fsp3) is 0. The zero-order valence-electron chi connectivity index (χ0n) is 9.08. The first-order chi connectivity index (χ1) is 8.45. The summed E-state index contributed by atoms with van der Waals surface area (Å²) >= 11 is 0. The quantitative estimate of drug-likeness (QED) is 0.777. The molecule has 3 nitrogen and oxygen atoms in total. The minimum atomic E-state index is 0.925. The van der Waals surface area contributed by atoms with E-state index in [0.29, 0.717) is 0 Å². The fourth-order valence-corrected chi connectivity index (χ4v) is 1.66. The minimum Gasteiger partial charge on any atom is -0.352 e. The second kappa shape index (κ2) is 4.22. The summed E-state index contributed by atoms with van der Waals surface area (Å²) in [7, 11) is 0. The largest absolute Gasteiger partial charge is 0.352 e. The summed E-state index contributed by atoms with van der Waals surface area (Å²) in [5.74, 6) is 0. The van der Waals surface area contributed by atoms with Crippen LogP contribution >= 0.6 is 0 Å². The molecule has 0 amide bonds. The molecule has 0 unspecified atom stereocenters. The highest BCUT2D eigenvalue weighted by Gasteiger charge is 2.21. The van der Waals surface area contributed by atoms with Crippen molar-refractivity contribution in [1.82, 2.24) is 0 Å². The number of hydrogen-bond donors (Lipinski definition) is 0. The number of rotatable bonds is 2. The summed E-state index contributed by atoms with van der Waals surface area (Å²) in [6, 6.07) is 19.7. The topological polar surface area (TPSA) is 15.7 Å². The molecular weight excluding hydrogens is 212 g/mol. The van der Waals surface area contributed by atoms with Gasteiger partial charge in [-0.2, -0.15) is 0 Å². The molecule has 0 saturated heterocycles. The van der Waals surface area contributed by atoms with Crippen LogP contribution in [-0.4, -0.2) is 0 Å². The maximum absolute atomic E-state index is 5.30. The van der Waals surface area contributed by atoms with Gasteiger partial charge in [-0.1, -0.05) is 36.4 Å². The summed E-state index contributed by atoms with van der Waals surface area (Å²) in [5.41, 5.74) is 1.90. The molecule has 2 radical (unpaired) electrons. The van der Waals surface area contributed by atoms with Crippen molar-refractivity contribution in [1.29, 1.82) is 0 Å². The van der Waals surface area contributed by atoms with Crippen molar-refractivity contribution in [3.8, 4) is 0 Å². The van der Waals surface area contributed by atoms with Crippen LogP contribution in [0.3, 0.4) is 0 Å². The Kier molecular flexibility index (Phi) is 2.43. The van der Waals surface area contributed by atoms with Crippen LogP contribution in [0.2, 0.25) is 0 Å². The molecule has 3 rings (SSSR count). The molecule has 82 valence electrons. The first-order valence-electron chi connectivity index (χ1n) is 5.33. The first-order valence-corrected chi connectivity index (χ1v) is 5.33. The molecule has 1 heterocycles. The molecule has 3 heteroatoms. The highest BCUT2D eigenvalue weighted by Crippen LogP contribution is 2.25. The van der Waals surface area contributed by atoms with Crippen molar-refractivity contribution < 1.29 is 4.84 Å². The molecule has 0 atom stereocenters. The van der Waals surface area contributed by atoms with E-state index in [1.807, 2.05) is 60.7 Å². The van der Waals surface area contributed by atoms with Crippen molar-refractivity contribution in [2.24, 2.45) is 0 Å². The van der Waals surface area contributed by atoms with E-state index in [0.717, 1.165) is 11.4 Å². The van der Waals surface area contributed by atoms with Crippen LogP contribution in [0.1, 0.15) is 0 Å². The third-order valence-electron chi connectivity index (χ3n) is 2.44. The van der Waals surface area contributed by atoms with Gasteiger partial charge in [0.2, 0.25) is 6.26 Å². The third kappa shape index (κ3) is 1.83. The van der Waals surface area contributed by atoms with Crippen molar-refractivity contribution in [3.05, 3.63) is 73.1 Å². The summed E-state index contributed by atoms with van der Waals surface area (Å²) < 4.78 is 0. The maximum atomic E-state index is 5.30. The molecule has 0 saturated carbocycles. The number of para-hydroxylation sites is 2. The zero-order valence-corrected chi connectivity index (χ0v) is 9.08. The average molecular weight is 222 g/mol. The Morgan fingerprint density at radius 1 is 0.765 bits per heavy atom. The van der Waals surface area contributed by atoms with Gasteiger partial charge in [0.1, 0.15) is 11.9 Å². The predicted molar refractivity (Wildman–Crippen MR) is 65.4 cm³/mol. The first kappa shape index (κ1) is 9.78. The van der Waals surface area contributed by atoms with Crippen LogP contribution in [0.15, 0.2) is 60.7 Å². The maximum Gasteiger partial charge on any atom is 0.233 e. The SMILES string of the molecule is [C]1=[C]N(c2ccccc2)N(c2ccccc2)O1. The van der Waals surface area contributed by atoms with Crippen LogP contribution in [0.5, 0.6) is 0 Å². The van der Waals surface area contributed by atoms with E-state index in [1.54, 1.807) is 10.2 Å². The Balaban J connectivity index is 1.93. The van der Waals surface area contributed by atoms with Gasteiger partial charge in [-0.05, 0) is 24.3 Å². The van der Waals surface area contributed by atoms with Gasteiger partial charge >= 0.3 is 0 Å². The van der Waals surface area contributed by atoms with E-state index >= 15 is 0 Å². The van der Waals surface area contributed by atoms with Gasteiger partial charge in [0.05, 0.1) is 5.69 Å².